The minimum Gasteiger partial charge on any atom is -0.389 e. The second-order valence-electron chi connectivity index (χ2n) is 0.773. The maximum atomic E-state index is 11.0. The third kappa shape index (κ3) is 4.11. The molecule has 1 nitrogen and oxygen atoms in total. The molecule has 0 fully saturated rings. The molecular formula is C2H3ClF2O. The average molecular weight is 116 g/mol. The largest absolute Gasteiger partial charge is 0.389 e. The molecule has 6 heavy (non-hydrogen) atoms. The first kappa shape index (κ1) is 6.11. The van der Waals surface area contributed by atoms with Crippen LogP contribution in [0.3, 0.4) is 0 Å². The Kier molecular flexibility index (Phi) is 1.74. The Morgan fingerprint density at radius 3 is 1.83 bits per heavy atom. The van der Waals surface area contributed by atoms with E-state index in [-0.39, 0.29) is 0 Å². The van der Waals surface area contributed by atoms with Crippen LogP contribution in [0.15, 0.2) is 0 Å². The fourth-order valence-corrected chi connectivity index (χ4v) is 0. The minimum absolute atomic E-state index is 1.30. The second-order valence-corrected chi connectivity index (χ2v) is 1.33. The summed E-state index contributed by atoms with van der Waals surface area (Å²) in [6.07, 6.45) is 0. The van der Waals surface area contributed by atoms with Crippen LogP contribution < -0.4 is 0 Å². The molecule has 0 unspecified atom stereocenters. The number of hydrogen-bond acceptors (Lipinski definition) is 1. The molecule has 0 aliphatic heterocycles. The Hall–Kier alpha value is 0.110. The Balaban J connectivity index is 3.17. The van der Waals surface area contributed by atoms with Crippen molar-refractivity contribution >= 4 is 11.6 Å². The van der Waals surface area contributed by atoms with E-state index in [1.807, 2.05) is 0 Å². The fraction of sp³-hybridized carbons (Fsp3) is 1.00. The van der Waals surface area contributed by atoms with Crippen molar-refractivity contribution in [2.24, 2.45) is 0 Å². The summed E-state index contributed by atoms with van der Waals surface area (Å²) in [4.78, 5) is 0. The number of halogens is 3. The van der Waals surface area contributed by atoms with E-state index in [0.717, 1.165) is 0 Å². The first-order valence-electron chi connectivity index (χ1n) is 1.24. The van der Waals surface area contributed by atoms with E-state index in [2.05, 4.69) is 11.6 Å². The second kappa shape index (κ2) is 1.71. The predicted molar refractivity (Wildman–Crippen MR) is 17.9 cm³/mol. The lowest BCUT2D eigenvalue weighted by Crippen LogP contribution is -2.10. The topological polar surface area (TPSA) is 20.2 Å². The van der Waals surface area contributed by atoms with Crippen LogP contribution in [-0.2, 0) is 0 Å². The van der Waals surface area contributed by atoms with Crippen molar-refractivity contribution in [3.05, 3.63) is 0 Å². The van der Waals surface area contributed by atoms with Crippen molar-refractivity contribution in [3.63, 3.8) is 0 Å². The van der Waals surface area contributed by atoms with Gasteiger partial charge in [0.15, 0.2) is 0 Å². The average Bonchev–Trinajstić information content (AvgIpc) is 1.35. The van der Waals surface area contributed by atoms with Gasteiger partial charge in [0.1, 0.15) is 6.61 Å². The van der Waals surface area contributed by atoms with E-state index in [0.29, 0.717) is 0 Å². The van der Waals surface area contributed by atoms with Crippen LogP contribution in [0.2, 0.25) is 0 Å². The van der Waals surface area contributed by atoms with Crippen molar-refractivity contribution in [1.29, 1.82) is 0 Å². The molecule has 0 heterocycles. The number of aliphatic hydroxyl groups excluding tert-OH is 1. The Labute approximate surface area is 38.5 Å². The molecule has 0 aromatic heterocycles. The Bertz CT molecular complexity index is 41.3. The molecule has 1 N–H and O–H groups in total. The van der Waals surface area contributed by atoms with Crippen LogP contribution in [0.4, 0.5) is 8.78 Å². The van der Waals surface area contributed by atoms with Gasteiger partial charge in [-0.05, 0) is 11.6 Å². The molecule has 0 aliphatic carbocycles. The normalized spacial score (nSPS) is 12.0. The van der Waals surface area contributed by atoms with Gasteiger partial charge in [0.2, 0.25) is 0 Å². The number of alkyl halides is 3. The molecule has 0 amide bonds. The molecule has 0 aromatic carbocycles. The van der Waals surface area contributed by atoms with Crippen LogP contribution in [0.1, 0.15) is 0 Å². The zero-order valence-corrected chi connectivity index (χ0v) is 3.54. The van der Waals surface area contributed by atoms with E-state index < -0.39 is 12.0 Å². The predicted octanol–water partition coefficient (Wildman–Crippen LogP) is 0.810. The standard InChI is InChI=1S/C2H3ClF2O/c3-2(4,5)1-6/h6H,1H2. The molecule has 0 spiro atoms. The lowest BCUT2D eigenvalue weighted by atomic mass is 10.8. The van der Waals surface area contributed by atoms with Gasteiger partial charge < -0.3 is 5.11 Å². The first-order chi connectivity index (χ1) is 2.56. The summed E-state index contributed by atoms with van der Waals surface area (Å²) in [5.74, 6) is 0. The highest BCUT2D eigenvalue weighted by Crippen LogP contribution is 2.15. The van der Waals surface area contributed by atoms with Gasteiger partial charge in [-0.15, -0.1) is 0 Å². The van der Waals surface area contributed by atoms with Crippen LogP contribution in [0.25, 0.3) is 0 Å². The maximum Gasteiger partial charge on any atom is 0.344 e. The van der Waals surface area contributed by atoms with Gasteiger partial charge in [-0.25, -0.2) is 0 Å². The highest BCUT2D eigenvalue weighted by molar-refractivity contribution is 6.21. The van der Waals surface area contributed by atoms with E-state index >= 15 is 0 Å². The number of aliphatic hydroxyl groups is 1. The fourth-order valence-electron chi connectivity index (χ4n) is 0. The zero-order valence-electron chi connectivity index (χ0n) is 2.79. The maximum absolute atomic E-state index is 11.0. The summed E-state index contributed by atoms with van der Waals surface area (Å²) in [5.41, 5.74) is 0. The van der Waals surface area contributed by atoms with Gasteiger partial charge >= 0.3 is 5.38 Å². The summed E-state index contributed by atoms with van der Waals surface area (Å²) in [6.45, 7) is -1.30. The quantitative estimate of drug-likeness (QED) is 0.503. The van der Waals surface area contributed by atoms with E-state index in [9.17, 15) is 8.78 Å². The molecular weight excluding hydrogens is 113 g/mol. The van der Waals surface area contributed by atoms with Gasteiger partial charge in [-0.3, -0.25) is 0 Å². The molecule has 0 aliphatic rings. The third-order valence-corrected chi connectivity index (χ3v) is 0.299. The SMILES string of the molecule is OCC(F)(F)Cl. The van der Waals surface area contributed by atoms with Crippen LogP contribution in [0, 0.1) is 0 Å². The highest BCUT2D eigenvalue weighted by atomic mass is 35.5. The number of rotatable bonds is 1. The molecule has 0 atom stereocenters. The van der Waals surface area contributed by atoms with Gasteiger partial charge in [-0.1, -0.05) is 0 Å². The van der Waals surface area contributed by atoms with Crippen molar-refractivity contribution in [2.45, 2.75) is 5.38 Å². The van der Waals surface area contributed by atoms with Crippen molar-refractivity contribution in [1.82, 2.24) is 0 Å². The molecule has 0 radical (unpaired) electrons. The molecule has 0 aromatic rings. The van der Waals surface area contributed by atoms with Crippen LogP contribution in [0.5, 0.6) is 0 Å². The molecule has 0 bridgehead atoms. The molecule has 0 saturated heterocycles. The molecule has 0 saturated carbocycles. The van der Waals surface area contributed by atoms with Gasteiger partial charge in [0.05, 0.1) is 0 Å². The lowest BCUT2D eigenvalue weighted by molar-refractivity contribution is 0.0285. The number of hydrogen-bond donors (Lipinski definition) is 1. The summed E-state index contributed by atoms with van der Waals surface area (Å²) in [7, 11) is 0. The van der Waals surface area contributed by atoms with E-state index in [4.69, 9.17) is 5.11 Å². The van der Waals surface area contributed by atoms with Gasteiger partial charge in [0, 0.05) is 0 Å². The van der Waals surface area contributed by atoms with Crippen molar-refractivity contribution in [3.8, 4) is 0 Å². The minimum atomic E-state index is -3.43. The first-order valence-corrected chi connectivity index (χ1v) is 1.61. The van der Waals surface area contributed by atoms with Crippen LogP contribution in [-0.4, -0.2) is 17.1 Å². The Morgan fingerprint density at radius 1 is 1.67 bits per heavy atom. The molecule has 38 valence electrons. The summed E-state index contributed by atoms with van der Waals surface area (Å²) in [6, 6.07) is 0. The summed E-state index contributed by atoms with van der Waals surface area (Å²) in [5, 5.41) is 4.09. The van der Waals surface area contributed by atoms with E-state index in [1.54, 1.807) is 0 Å². The highest BCUT2D eigenvalue weighted by Gasteiger charge is 2.21. The van der Waals surface area contributed by atoms with Crippen molar-refractivity contribution in [2.75, 3.05) is 6.61 Å². The third-order valence-electron chi connectivity index (χ3n) is 0.179. The molecule has 4 heteroatoms. The Morgan fingerprint density at radius 2 is 1.83 bits per heavy atom. The smallest absolute Gasteiger partial charge is 0.344 e. The zero-order chi connectivity index (χ0) is 5.21. The van der Waals surface area contributed by atoms with Gasteiger partial charge in [0.25, 0.3) is 0 Å². The molecule has 0 rings (SSSR count). The summed E-state index contributed by atoms with van der Waals surface area (Å²) < 4.78 is 21.9. The lowest BCUT2D eigenvalue weighted by Gasteiger charge is -1.97. The van der Waals surface area contributed by atoms with Gasteiger partial charge in [-0.2, -0.15) is 8.78 Å². The monoisotopic (exact) mass is 116 g/mol. The van der Waals surface area contributed by atoms with Crippen molar-refractivity contribution < 1.29 is 13.9 Å². The van der Waals surface area contributed by atoms with Crippen LogP contribution >= 0.6 is 11.6 Å². The van der Waals surface area contributed by atoms with E-state index in [1.165, 1.54) is 0 Å². The summed E-state index contributed by atoms with van der Waals surface area (Å²) >= 11 is 4.13.